The molecule has 0 unspecified atom stereocenters. The van der Waals surface area contributed by atoms with Crippen LogP contribution in [0.4, 0.5) is 13.2 Å². The van der Waals surface area contributed by atoms with E-state index in [0.717, 1.165) is 0 Å². The van der Waals surface area contributed by atoms with Crippen molar-refractivity contribution in [2.45, 2.75) is 32.2 Å². The summed E-state index contributed by atoms with van der Waals surface area (Å²) in [5, 5.41) is 3.84. The number of alkyl halides is 3. The van der Waals surface area contributed by atoms with Gasteiger partial charge in [0.05, 0.1) is 12.6 Å². The second-order valence-electron chi connectivity index (χ2n) is 5.69. The number of oxime groups is 1. The van der Waals surface area contributed by atoms with Crippen molar-refractivity contribution in [1.82, 2.24) is 4.98 Å². The van der Waals surface area contributed by atoms with E-state index in [2.05, 4.69) is 14.9 Å². The third kappa shape index (κ3) is 4.96. The van der Waals surface area contributed by atoms with E-state index in [1.54, 1.807) is 13.0 Å². The topological polar surface area (TPSA) is 70.0 Å². The molecule has 1 atom stereocenters. The third-order valence-electron chi connectivity index (χ3n) is 3.72. The standard InChI is InChI=1S/C18H15F3N2O4/c1-2-15(24)12-7-14(10-22-9-12)25-17-8-16(27-23-17)11-3-5-13(6-4-11)26-18(19,20)21/h3-7,9-10,16H,2,8H2,1H3/t16-/m1/s1. The Balaban J connectivity index is 1.61. The summed E-state index contributed by atoms with van der Waals surface area (Å²) in [6.07, 6.45) is -1.69. The van der Waals surface area contributed by atoms with Crippen LogP contribution in [0.5, 0.6) is 11.5 Å². The molecule has 1 aromatic heterocycles. The van der Waals surface area contributed by atoms with E-state index in [1.165, 1.54) is 36.7 Å². The second kappa shape index (κ2) is 7.65. The normalized spacial score (nSPS) is 16.4. The predicted molar refractivity (Wildman–Crippen MR) is 88.5 cm³/mol. The number of hydrogen-bond donors (Lipinski definition) is 0. The van der Waals surface area contributed by atoms with Gasteiger partial charge in [-0.3, -0.25) is 9.78 Å². The molecule has 0 spiro atoms. The van der Waals surface area contributed by atoms with Crippen molar-refractivity contribution in [2.75, 3.05) is 0 Å². The van der Waals surface area contributed by atoms with Gasteiger partial charge in [-0.1, -0.05) is 24.2 Å². The number of Topliss-reactive ketones (excluding diaryl/α,β-unsaturated/α-hetero) is 1. The number of benzene rings is 1. The van der Waals surface area contributed by atoms with Crippen LogP contribution in [-0.4, -0.2) is 23.0 Å². The second-order valence-corrected chi connectivity index (χ2v) is 5.69. The molecule has 0 amide bonds. The van der Waals surface area contributed by atoms with E-state index < -0.39 is 12.5 Å². The maximum absolute atomic E-state index is 12.2. The molecule has 2 aromatic rings. The maximum atomic E-state index is 12.2. The van der Waals surface area contributed by atoms with Crippen molar-refractivity contribution in [2.24, 2.45) is 5.16 Å². The van der Waals surface area contributed by atoms with E-state index in [9.17, 15) is 18.0 Å². The third-order valence-corrected chi connectivity index (χ3v) is 3.72. The van der Waals surface area contributed by atoms with E-state index in [0.29, 0.717) is 23.3 Å². The highest BCUT2D eigenvalue weighted by Gasteiger charge is 2.31. The van der Waals surface area contributed by atoms with E-state index >= 15 is 0 Å². The molecule has 0 bridgehead atoms. The zero-order valence-corrected chi connectivity index (χ0v) is 14.2. The molecule has 1 aromatic carbocycles. The number of ether oxygens (including phenoxy) is 2. The highest BCUT2D eigenvalue weighted by atomic mass is 19.4. The molecule has 0 aliphatic carbocycles. The minimum atomic E-state index is -4.74. The van der Waals surface area contributed by atoms with E-state index in [1.807, 2.05) is 0 Å². The molecule has 3 rings (SSSR count). The van der Waals surface area contributed by atoms with Crippen molar-refractivity contribution in [1.29, 1.82) is 0 Å². The summed E-state index contributed by atoms with van der Waals surface area (Å²) >= 11 is 0. The van der Waals surface area contributed by atoms with Crippen LogP contribution in [0.3, 0.4) is 0 Å². The molecule has 27 heavy (non-hydrogen) atoms. The lowest BCUT2D eigenvalue weighted by Gasteiger charge is -2.11. The van der Waals surface area contributed by atoms with Crippen LogP contribution in [0.1, 0.15) is 41.8 Å². The van der Waals surface area contributed by atoms with Crippen molar-refractivity contribution >= 4 is 11.7 Å². The van der Waals surface area contributed by atoms with Gasteiger partial charge in [0.15, 0.2) is 11.9 Å². The van der Waals surface area contributed by atoms with E-state index in [4.69, 9.17) is 9.57 Å². The Kier molecular flexibility index (Phi) is 5.29. The van der Waals surface area contributed by atoms with E-state index in [-0.39, 0.29) is 23.9 Å². The molecule has 2 heterocycles. The number of pyridine rings is 1. The Morgan fingerprint density at radius 1 is 1.22 bits per heavy atom. The minimum absolute atomic E-state index is 0.0587. The monoisotopic (exact) mass is 380 g/mol. The Hall–Kier alpha value is -3.10. The molecular weight excluding hydrogens is 365 g/mol. The number of ketones is 1. The van der Waals surface area contributed by atoms with Gasteiger partial charge in [-0.15, -0.1) is 13.2 Å². The van der Waals surface area contributed by atoms with Gasteiger partial charge in [-0.05, 0) is 23.8 Å². The first-order valence-electron chi connectivity index (χ1n) is 8.08. The number of aromatic nitrogens is 1. The zero-order chi connectivity index (χ0) is 19.4. The number of rotatable bonds is 5. The number of halogens is 3. The summed E-state index contributed by atoms with van der Waals surface area (Å²) in [5.74, 6) is 0.256. The van der Waals surface area contributed by atoms with Gasteiger partial charge >= 0.3 is 6.36 Å². The van der Waals surface area contributed by atoms with Gasteiger partial charge in [0, 0.05) is 18.2 Å². The smallest absolute Gasteiger partial charge is 0.438 e. The lowest BCUT2D eigenvalue weighted by molar-refractivity contribution is -0.274. The van der Waals surface area contributed by atoms with Gasteiger partial charge in [-0.25, -0.2) is 0 Å². The fourth-order valence-corrected chi connectivity index (χ4v) is 2.45. The van der Waals surface area contributed by atoms with Crippen LogP contribution in [0, 0.1) is 0 Å². The van der Waals surface area contributed by atoms with Gasteiger partial charge in [-0.2, -0.15) is 0 Å². The Morgan fingerprint density at radius 3 is 2.63 bits per heavy atom. The van der Waals surface area contributed by atoms with Crippen LogP contribution in [-0.2, 0) is 4.84 Å². The summed E-state index contributed by atoms with van der Waals surface area (Å²) in [6, 6.07) is 6.90. The maximum Gasteiger partial charge on any atom is 0.573 e. The first kappa shape index (κ1) is 18.7. The first-order valence-corrected chi connectivity index (χ1v) is 8.08. The van der Waals surface area contributed by atoms with Crippen LogP contribution in [0.15, 0.2) is 47.9 Å². The quantitative estimate of drug-likeness (QED) is 0.718. The van der Waals surface area contributed by atoms with Gasteiger partial charge in [0.25, 0.3) is 0 Å². The molecule has 1 aliphatic rings. The summed E-state index contributed by atoms with van der Waals surface area (Å²) in [6.45, 7) is 1.75. The summed E-state index contributed by atoms with van der Waals surface area (Å²) in [5.41, 5.74) is 1.06. The highest BCUT2D eigenvalue weighted by molar-refractivity contribution is 5.96. The number of nitrogens with zero attached hydrogens (tertiary/aromatic N) is 2. The fraction of sp³-hybridized carbons (Fsp3) is 0.278. The predicted octanol–water partition coefficient (Wildman–Crippen LogP) is 4.43. The number of carbonyl (C=O) groups is 1. The Bertz CT molecular complexity index is 850. The Morgan fingerprint density at radius 2 is 1.96 bits per heavy atom. The van der Waals surface area contributed by atoms with Gasteiger partial charge in [0.2, 0.25) is 5.90 Å². The fourth-order valence-electron chi connectivity index (χ4n) is 2.45. The molecule has 6 nitrogen and oxygen atoms in total. The molecule has 0 radical (unpaired) electrons. The first-order chi connectivity index (χ1) is 12.8. The highest BCUT2D eigenvalue weighted by Crippen LogP contribution is 2.30. The minimum Gasteiger partial charge on any atom is -0.438 e. The van der Waals surface area contributed by atoms with Crippen molar-refractivity contribution in [3.63, 3.8) is 0 Å². The lowest BCUT2D eigenvalue weighted by atomic mass is 10.1. The Labute approximate surface area is 152 Å². The van der Waals surface area contributed by atoms with Crippen molar-refractivity contribution in [3.8, 4) is 11.5 Å². The van der Waals surface area contributed by atoms with Crippen LogP contribution in [0.2, 0.25) is 0 Å². The molecule has 0 saturated carbocycles. The van der Waals surface area contributed by atoms with Crippen LogP contribution >= 0.6 is 0 Å². The molecular formula is C18H15F3N2O4. The summed E-state index contributed by atoms with van der Waals surface area (Å²) in [4.78, 5) is 21.0. The van der Waals surface area contributed by atoms with Crippen LogP contribution in [0.25, 0.3) is 0 Å². The molecule has 9 heteroatoms. The SMILES string of the molecule is CCC(=O)c1cncc(OC2=NO[C@@H](c3ccc(OC(F)(F)F)cc3)C2)c1. The molecule has 0 fully saturated rings. The molecule has 1 aliphatic heterocycles. The summed E-state index contributed by atoms with van der Waals surface area (Å²) < 4.78 is 46.0. The van der Waals surface area contributed by atoms with Crippen molar-refractivity contribution in [3.05, 3.63) is 53.9 Å². The number of hydrogen-bond acceptors (Lipinski definition) is 6. The average molecular weight is 380 g/mol. The van der Waals surface area contributed by atoms with Crippen LogP contribution < -0.4 is 9.47 Å². The largest absolute Gasteiger partial charge is 0.573 e. The number of carbonyl (C=O) groups excluding carboxylic acids is 1. The zero-order valence-electron chi connectivity index (χ0n) is 14.2. The molecule has 0 saturated heterocycles. The molecule has 142 valence electrons. The van der Waals surface area contributed by atoms with Gasteiger partial charge in [0.1, 0.15) is 11.5 Å². The lowest BCUT2D eigenvalue weighted by Crippen LogP contribution is -2.17. The summed E-state index contributed by atoms with van der Waals surface area (Å²) in [7, 11) is 0. The van der Waals surface area contributed by atoms with Crippen molar-refractivity contribution < 1.29 is 32.3 Å². The molecule has 0 N–H and O–H groups in total. The van der Waals surface area contributed by atoms with Gasteiger partial charge < -0.3 is 14.3 Å². The average Bonchev–Trinajstić information content (AvgIpc) is 3.09.